The number of carbonyl (C=O) groups excluding carboxylic acids is 1. The van der Waals surface area contributed by atoms with Crippen molar-refractivity contribution in [2.75, 3.05) is 46.2 Å². The van der Waals surface area contributed by atoms with Gasteiger partial charge in [0.2, 0.25) is 0 Å². The van der Waals surface area contributed by atoms with Crippen LogP contribution in [-0.2, 0) is 23.7 Å². The number of carbonyl (C=O) groups is 1. The van der Waals surface area contributed by atoms with Gasteiger partial charge in [0.05, 0.1) is 33.0 Å². The summed E-state index contributed by atoms with van der Waals surface area (Å²) in [6, 6.07) is 0. The van der Waals surface area contributed by atoms with Gasteiger partial charge in [0.1, 0.15) is 0 Å². The van der Waals surface area contributed by atoms with Crippen molar-refractivity contribution in [2.24, 2.45) is 5.92 Å². The number of hydrogen-bond acceptors (Lipinski definition) is 5. The molecule has 0 aliphatic rings. The van der Waals surface area contributed by atoms with E-state index >= 15 is 0 Å². The highest BCUT2D eigenvalue weighted by atomic mass is 16.5. The maximum absolute atomic E-state index is 11.6. The van der Waals surface area contributed by atoms with Crippen molar-refractivity contribution in [3.05, 3.63) is 0 Å². The van der Waals surface area contributed by atoms with Crippen molar-refractivity contribution in [2.45, 2.75) is 72.1 Å². The molecule has 0 rings (SSSR count). The van der Waals surface area contributed by atoms with Crippen LogP contribution in [0.2, 0.25) is 0 Å². The molecule has 0 bridgehead atoms. The highest BCUT2D eigenvalue weighted by molar-refractivity contribution is 5.69. The van der Waals surface area contributed by atoms with Crippen LogP contribution in [0.25, 0.3) is 0 Å². The lowest BCUT2D eigenvalue weighted by molar-refractivity contribution is -0.144. The first-order valence-electron chi connectivity index (χ1n) is 10.1. The van der Waals surface area contributed by atoms with E-state index in [0.29, 0.717) is 59.1 Å². The van der Waals surface area contributed by atoms with E-state index in [4.69, 9.17) is 18.9 Å². The summed E-state index contributed by atoms with van der Waals surface area (Å²) in [4.78, 5) is 11.6. The van der Waals surface area contributed by atoms with E-state index in [-0.39, 0.29) is 5.97 Å². The molecule has 0 amide bonds. The summed E-state index contributed by atoms with van der Waals surface area (Å²) < 4.78 is 21.1. The van der Waals surface area contributed by atoms with Crippen molar-refractivity contribution in [1.29, 1.82) is 0 Å². The van der Waals surface area contributed by atoms with Crippen LogP contribution < -0.4 is 0 Å². The van der Waals surface area contributed by atoms with E-state index in [9.17, 15) is 4.79 Å². The fourth-order valence-electron chi connectivity index (χ4n) is 2.35. The molecule has 0 aromatic heterocycles. The summed E-state index contributed by atoms with van der Waals surface area (Å²) in [6.45, 7) is 10.7. The number of unbranched alkanes of at least 4 members (excludes halogenated alkanes) is 4. The highest BCUT2D eigenvalue weighted by Crippen LogP contribution is 2.10. The molecule has 5 nitrogen and oxygen atoms in total. The van der Waals surface area contributed by atoms with E-state index in [2.05, 4.69) is 13.8 Å². The Hall–Kier alpha value is -0.650. The Bertz CT molecular complexity index is 281. The summed E-state index contributed by atoms with van der Waals surface area (Å²) in [5, 5.41) is 0. The molecule has 5 heteroatoms. The van der Waals surface area contributed by atoms with Crippen molar-refractivity contribution in [1.82, 2.24) is 0 Å². The maximum atomic E-state index is 11.6. The second-order valence-electron chi connectivity index (χ2n) is 6.70. The van der Waals surface area contributed by atoms with Crippen LogP contribution in [-0.4, -0.2) is 52.2 Å². The minimum atomic E-state index is -0.114. The zero-order valence-electron chi connectivity index (χ0n) is 16.7. The van der Waals surface area contributed by atoms with Crippen molar-refractivity contribution in [3.8, 4) is 0 Å². The molecule has 0 heterocycles. The standard InChI is InChI=1S/C20H40O5/c1-4-22-15-16-24-18-17-23-13-10-12-20(21)25-14-9-7-5-6-8-11-19(2)3/h19H,4-18H2,1-3H3. The quantitative estimate of drug-likeness (QED) is 0.253. The normalized spacial score (nSPS) is 11.2. The highest BCUT2D eigenvalue weighted by Gasteiger charge is 2.02. The third kappa shape index (κ3) is 21.3. The fraction of sp³-hybridized carbons (Fsp3) is 0.950. The molecule has 0 aromatic carbocycles. The predicted molar refractivity (Wildman–Crippen MR) is 101 cm³/mol. The molecule has 0 aliphatic carbocycles. The minimum absolute atomic E-state index is 0.114. The zero-order valence-corrected chi connectivity index (χ0v) is 16.7. The van der Waals surface area contributed by atoms with Crippen LogP contribution in [0, 0.1) is 5.92 Å². The van der Waals surface area contributed by atoms with Gasteiger partial charge in [-0.2, -0.15) is 0 Å². The first-order chi connectivity index (χ1) is 12.2. The monoisotopic (exact) mass is 360 g/mol. The summed E-state index contributed by atoms with van der Waals surface area (Å²) >= 11 is 0. The molecule has 0 atom stereocenters. The van der Waals surface area contributed by atoms with Gasteiger partial charge in [-0.1, -0.05) is 46.0 Å². The second kappa shape index (κ2) is 19.7. The lowest BCUT2D eigenvalue weighted by Gasteiger charge is -2.07. The molecule has 0 spiro atoms. The van der Waals surface area contributed by atoms with E-state index in [1.807, 2.05) is 6.92 Å². The smallest absolute Gasteiger partial charge is 0.305 e. The average Bonchev–Trinajstić information content (AvgIpc) is 2.58. The van der Waals surface area contributed by atoms with Crippen molar-refractivity contribution >= 4 is 5.97 Å². The summed E-state index contributed by atoms with van der Waals surface area (Å²) in [5.41, 5.74) is 0. The third-order valence-electron chi connectivity index (χ3n) is 3.81. The molecule has 0 fully saturated rings. The Morgan fingerprint density at radius 3 is 2.00 bits per heavy atom. The van der Waals surface area contributed by atoms with Gasteiger partial charge < -0.3 is 18.9 Å². The van der Waals surface area contributed by atoms with E-state index in [1.165, 1.54) is 25.7 Å². The van der Waals surface area contributed by atoms with Crippen LogP contribution in [0.15, 0.2) is 0 Å². The first-order valence-corrected chi connectivity index (χ1v) is 10.1. The van der Waals surface area contributed by atoms with Crippen LogP contribution in [0.3, 0.4) is 0 Å². The Balaban J connectivity index is 3.16. The zero-order chi connectivity index (χ0) is 18.6. The van der Waals surface area contributed by atoms with Gasteiger partial charge in [-0.25, -0.2) is 0 Å². The third-order valence-corrected chi connectivity index (χ3v) is 3.81. The first kappa shape index (κ1) is 24.4. The van der Waals surface area contributed by atoms with Crippen LogP contribution in [0.4, 0.5) is 0 Å². The van der Waals surface area contributed by atoms with Gasteiger partial charge >= 0.3 is 5.97 Å². The van der Waals surface area contributed by atoms with Gasteiger partial charge in [0.25, 0.3) is 0 Å². The molecule has 25 heavy (non-hydrogen) atoms. The molecular weight excluding hydrogens is 320 g/mol. The van der Waals surface area contributed by atoms with Gasteiger partial charge in [-0.05, 0) is 25.7 Å². The molecule has 0 radical (unpaired) electrons. The summed E-state index contributed by atoms with van der Waals surface area (Å²) in [5.74, 6) is 0.689. The summed E-state index contributed by atoms with van der Waals surface area (Å²) in [6.07, 6.45) is 8.42. The molecular formula is C20H40O5. The summed E-state index contributed by atoms with van der Waals surface area (Å²) in [7, 11) is 0. The molecule has 0 aliphatic heterocycles. The van der Waals surface area contributed by atoms with Gasteiger partial charge in [0.15, 0.2) is 0 Å². The topological polar surface area (TPSA) is 54.0 Å². The second-order valence-corrected chi connectivity index (χ2v) is 6.70. The number of ether oxygens (including phenoxy) is 4. The SMILES string of the molecule is CCOCCOCCOCCCC(=O)OCCCCCCCC(C)C. The van der Waals surface area contributed by atoms with Crippen molar-refractivity contribution < 1.29 is 23.7 Å². The van der Waals surface area contributed by atoms with Crippen LogP contribution >= 0.6 is 0 Å². The fourth-order valence-corrected chi connectivity index (χ4v) is 2.35. The Kier molecular flexibility index (Phi) is 19.2. The molecule has 0 N–H and O–H groups in total. The molecule has 0 saturated carbocycles. The Morgan fingerprint density at radius 1 is 0.720 bits per heavy atom. The maximum Gasteiger partial charge on any atom is 0.305 e. The Labute approximate surface area is 154 Å². The van der Waals surface area contributed by atoms with Gasteiger partial charge in [-0.15, -0.1) is 0 Å². The minimum Gasteiger partial charge on any atom is -0.466 e. The average molecular weight is 361 g/mol. The number of rotatable bonds is 19. The molecule has 0 saturated heterocycles. The van der Waals surface area contributed by atoms with E-state index in [1.54, 1.807) is 0 Å². The van der Waals surface area contributed by atoms with Crippen LogP contribution in [0.5, 0.6) is 0 Å². The van der Waals surface area contributed by atoms with Gasteiger partial charge in [0, 0.05) is 19.6 Å². The van der Waals surface area contributed by atoms with Crippen molar-refractivity contribution in [3.63, 3.8) is 0 Å². The number of esters is 1. The van der Waals surface area contributed by atoms with Crippen LogP contribution in [0.1, 0.15) is 72.1 Å². The Morgan fingerprint density at radius 2 is 1.32 bits per heavy atom. The molecule has 150 valence electrons. The van der Waals surface area contributed by atoms with E-state index < -0.39 is 0 Å². The predicted octanol–water partition coefficient (Wildman–Crippen LogP) is 4.38. The van der Waals surface area contributed by atoms with Gasteiger partial charge in [-0.3, -0.25) is 4.79 Å². The molecule has 0 aromatic rings. The van der Waals surface area contributed by atoms with E-state index in [0.717, 1.165) is 18.8 Å². The lowest BCUT2D eigenvalue weighted by Crippen LogP contribution is -2.11. The molecule has 0 unspecified atom stereocenters. The lowest BCUT2D eigenvalue weighted by atomic mass is 10.0. The largest absolute Gasteiger partial charge is 0.466 e. The number of hydrogen-bond donors (Lipinski definition) is 0.